The molecule has 12 nitrogen and oxygen atoms in total. The van der Waals surface area contributed by atoms with Crippen LogP contribution in [0.3, 0.4) is 0 Å². The van der Waals surface area contributed by atoms with Crippen LogP contribution in [-0.2, 0) is 9.53 Å². The molecule has 0 saturated carbocycles. The number of carbonyl (C=O) groups excluding carboxylic acids is 1. The Hall–Kier alpha value is -4.38. The molecule has 3 atom stereocenters. The molecule has 3 fully saturated rings. The van der Waals surface area contributed by atoms with Gasteiger partial charge in [0, 0.05) is 55.6 Å². The lowest BCUT2D eigenvalue weighted by Crippen LogP contribution is -2.59. The molecule has 0 bridgehead atoms. The van der Waals surface area contributed by atoms with E-state index in [1.807, 2.05) is 12.1 Å². The van der Waals surface area contributed by atoms with E-state index in [2.05, 4.69) is 55.2 Å². The molecule has 3 aliphatic rings. The average molecular weight is 619 g/mol. The van der Waals surface area contributed by atoms with Crippen molar-refractivity contribution in [2.45, 2.75) is 45.1 Å². The molecule has 6 rings (SSSR count). The number of nitriles is 1. The highest BCUT2D eigenvalue weighted by atomic mass is 19.1. The Morgan fingerprint density at radius 2 is 1.96 bits per heavy atom. The molecule has 1 aromatic heterocycles. The molecule has 13 heteroatoms. The fourth-order valence-electron chi connectivity index (χ4n) is 5.86. The van der Waals surface area contributed by atoms with Crippen molar-refractivity contribution in [3.8, 4) is 23.2 Å². The van der Waals surface area contributed by atoms with Gasteiger partial charge in [0.05, 0.1) is 31.4 Å². The van der Waals surface area contributed by atoms with Crippen molar-refractivity contribution in [2.75, 3.05) is 62.8 Å². The molecule has 0 aliphatic carbocycles. The summed E-state index contributed by atoms with van der Waals surface area (Å²) in [7, 11) is 0. The third-order valence-electron chi connectivity index (χ3n) is 8.43. The van der Waals surface area contributed by atoms with Crippen LogP contribution in [-0.4, -0.2) is 113 Å². The third-order valence-corrected chi connectivity index (χ3v) is 8.43. The van der Waals surface area contributed by atoms with Crippen LogP contribution in [0.1, 0.15) is 26.3 Å². The van der Waals surface area contributed by atoms with Gasteiger partial charge in [0.1, 0.15) is 30.9 Å². The zero-order valence-electron chi connectivity index (χ0n) is 24.5. The van der Waals surface area contributed by atoms with Crippen molar-refractivity contribution >= 4 is 23.2 Å². The van der Waals surface area contributed by atoms with E-state index in [-0.39, 0.29) is 38.2 Å². The van der Waals surface area contributed by atoms with Gasteiger partial charge in [-0.05, 0) is 49.4 Å². The lowest BCUT2D eigenvalue weighted by atomic mass is 10.0. The largest absolute Gasteiger partial charge is 0.486 e. The van der Waals surface area contributed by atoms with E-state index in [0.717, 1.165) is 38.5 Å². The molecule has 45 heavy (non-hydrogen) atoms. The highest BCUT2D eigenvalue weighted by Gasteiger charge is 2.34. The Balaban J connectivity index is 0.00000400. The van der Waals surface area contributed by atoms with Crippen LogP contribution in [0.5, 0.6) is 5.75 Å². The summed E-state index contributed by atoms with van der Waals surface area (Å²) in [6.45, 7) is 6.38. The number of aliphatic hydroxyl groups is 1. The van der Waals surface area contributed by atoms with Crippen molar-refractivity contribution in [1.82, 2.24) is 24.8 Å². The second-order valence-corrected chi connectivity index (χ2v) is 11.3. The number of likely N-dealkylation sites (tertiary alicyclic amines) is 1. The molecule has 238 valence electrons. The number of amides is 1. The summed E-state index contributed by atoms with van der Waals surface area (Å²) in [6, 6.07) is 16.2. The van der Waals surface area contributed by atoms with Crippen molar-refractivity contribution in [3.05, 3.63) is 54.4 Å². The van der Waals surface area contributed by atoms with Crippen LogP contribution in [0.2, 0.25) is 0 Å². The molecule has 2 aromatic carbocycles. The molecule has 3 aliphatic heterocycles. The number of piperazine rings is 1. The summed E-state index contributed by atoms with van der Waals surface area (Å²) >= 11 is 0. The van der Waals surface area contributed by atoms with Gasteiger partial charge in [0.15, 0.2) is 12.0 Å². The number of piperidine rings is 1. The normalized spacial score (nSPS) is 22.1. The summed E-state index contributed by atoms with van der Waals surface area (Å²) < 4.78 is 26.0. The lowest BCUT2D eigenvalue weighted by Gasteiger charge is -2.46. The predicted octanol–water partition coefficient (Wildman–Crippen LogP) is 3.01. The minimum atomic E-state index is -1.45. The summed E-state index contributed by atoms with van der Waals surface area (Å²) in [4.78, 5) is 31.0. The van der Waals surface area contributed by atoms with E-state index in [4.69, 9.17) is 14.6 Å². The molecular weight excluding hydrogens is 579 g/mol. The lowest BCUT2D eigenvalue weighted by molar-refractivity contribution is -0.138. The molecule has 0 unspecified atom stereocenters. The smallest absolute Gasteiger partial charge is 0.248 e. The maximum absolute atomic E-state index is 14.7. The van der Waals surface area contributed by atoms with E-state index >= 15 is 0 Å². The number of aliphatic hydroxyl groups excluding tert-OH is 1. The van der Waals surface area contributed by atoms with Crippen molar-refractivity contribution in [3.63, 3.8) is 0 Å². The van der Waals surface area contributed by atoms with E-state index < -0.39 is 24.8 Å². The zero-order valence-corrected chi connectivity index (χ0v) is 24.5. The first kappa shape index (κ1) is 32.0. The molecule has 2 N–H and O–H groups in total. The number of alkyl halides is 1. The number of nitrogens with zero attached hydrogens (tertiary/aromatic N) is 7. The summed E-state index contributed by atoms with van der Waals surface area (Å²) in [5.74, 6) is 0.447. The number of carbonyl (C=O) groups is 1. The highest BCUT2D eigenvalue weighted by molar-refractivity contribution is 5.77. The van der Waals surface area contributed by atoms with Crippen LogP contribution in [0.4, 0.5) is 21.7 Å². The Morgan fingerprint density at radius 3 is 2.62 bits per heavy atom. The number of benzene rings is 2. The van der Waals surface area contributed by atoms with Crippen LogP contribution in [0.15, 0.2) is 48.8 Å². The van der Waals surface area contributed by atoms with Gasteiger partial charge >= 0.3 is 0 Å². The topological polar surface area (TPSA) is 140 Å². The molecule has 3 saturated heterocycles. The molecule has 1 amide bonds. The van der Waals surface area contributed by atoms with Gasteiger partial charge in [-0.3, -0.25) is 9.69 Å². The fraction of sp³-hybridized carbons (Fsp3) is 0.469. The van der Waals surface area contributed by atoms with Gasteiger partial charge in [-0.15, -0.1) is 0 Å². The Kier molecular flexibility index (Phi) is 10.1. The Bertz CT molecular complexity index is 1520. The number of hydrogen-bond donors (Lipinski definition) is 2. The first-order valence-corrected chi connectivity index (χ1v) is 14.8. The predicted molar refractivity (Wildman–Crippen MR) is 167 cm³/mol. The third kappa shape index (κ3) is 7.14. The van der Waals surface area contributed by atoms with E-state index in [0.29, 0.717) is 29.4 Å². The summed E-state index contributed by atoms with van der Waals surface area (Å²) in [5.41, 5.74) is 2.79. The molecule has 3 aromatic rings. The monoisotopic (exact) mass is 618 g/mol. The maximum Gasteiger partial charge on any atom is 0.248 e. The summed E-state index contributed by atoms with van der Waals surface area (Å²) in [5, 5.41) is 22.1. The highest BCUT2D eigenvalue weighted by Crippen LogP contribution is 2.29. The fourth-order valence-corrected chi connectivity index (χ4v) is 5.86. The van der Waals surface area contributed by atoms with Gasteiger partial charge < -0.3 is 29.7 Å². The van der Waals surface area contributed by atoms with E-state index in [1.165, 1.54) is 16.9 Å². The SMILES string of the molecule is C.C[C@H]1CN(C2COC2)CCN1c1ccc(Nc2ncnc(-c3ccc(O[C@H]4CCN(C(=O)CO)C[C@H]4F)c(C#N)c3)n2)cc1. The van der Waals surface area contributed by atoms with Gasteiger partial charge in [-0.1, -0.05) is 7.43 Å². The number of hydrogen-bond acceptors (Lipinski definition) is 11. The minimum absolute atomic E-state index is 0. The standard InChI is InChI=1S/C31H35FN8O4.CH4/c1-20-14-38(25-17-43-18-25)10-11-40(20)24-5-3-23(4-6-24)36-31-35-19-34-30(37-31)21-2-7-27(22(12-21)13-33)44-28-8-9-39(15-26(28)32)29(42)16-41;/h2-7,12,19-20,25-26,28,41H,8-11,14-18H2,1H3,(H,34,35,36,37);1H4/t20-,26+,28-;/m0./s1. The molecule has 4 heterocycles. The van der Waals surface area contributed by atoms with Crippen LogP contribution >= 0.6 is 0 Å². The first-order valence-electron chi connectivity index (χ1n) is 14.8. The van der Waals surface area contributed by atoms with E-state index in [1.54, 1.807) is 18.2 Å². The minimum Gasteiger partial charge on any atom is -0.486 e. The van der Waals surface area contributed by atoms with Crippen LogP contribution < -0.4 is 15.0 Å². The first-order chi connectivity index (χ1) is 21.4. The van der Waals surface area contributed by atoms with Crippen molar-refractivity contribution in [2.24, 2.45) is 0 Å². The number of ether oxygens (including phenoxy) is 2. The van der Waals surface area contributed by atoms with Crippen molar-refractivity contribution in [1.29, 1.82) is 5.26 Å². The number of aromatic nitrogens is 3. The zero-order chi connectivity index (χ0) is 30.6. The second-order valence-electron chi connectivity index (χ2n) is 11.3. The second kappa shape index (κ2) is 14.2. The number of rotatable bonds is 8. The number of anilines is 3. The van der Waals surface area contributed by atoms with E-state index in [9.17, 15) is 14.4 Å². The number of halogens is 1. The Labute approximate surface area is 262 Å². The number of nitrogens with one attached hydrogen (secondary N) is 1. The van der Waals surface area contributed by atoms with Crippen LogP contribution in [0, 0.1) is 11.3 Å². The summed E-state index contributed by atoms with van der Waals surface area (Å²) in [6.07, 6.45) is -0.614. The van der Waals surface area contributed by atoms with Gasteiger partial charge in [-0.25, -0.2) is 14.4 Å². The Morgan fingerprint density at radius 1 is 1.16 bits per heavy atom. The quantitative estimate of drug-likeness (QED) is 0.385. The maximum atomic E-state index is 14.7. The van der Waals surface area contributed by atoms with Crippen molar-refractivity contribution < 1.29 is 23.8 Å². The average Bonchev–Trinajstić information content (AvgIpc) is 3.01. The molecule has 0 radical (unpaired) electrons. The van der Waals surface area contributed by atoms with Gasteiger partial charge in [0.25, 0.3) is 0 Å². The van der Waals surface area contributed by atoms with Gasteiger partial charge in [0.2, 0.25) is 11.9 Å². The molecular formula is C32H39FN8O4. The van der Waals surface area contributed by atoms with Crippen LogP contribution in [0.25, 0.3) is 11.4 Å². The molecule has 0 spiro atoms. The van der Waals surface area contributed by atoms with Gasteiger partial charge in [-0.2, -0.15) is 10.2 Å².